The van der Waals surface area contributed by atoms with Crippen LogP contribution in [0.2, 0.25) is 0 Å². The quantitative estimate of drug-likeness (QED) is 0.667. The Labute approximate surface area is 122 Å². The number of hydrogen-bond acceptors (Lipinski definition) is 5. The molecule has 0 aliphatic carbocycles. The Kier molecular flexibility index (Phi) is 7.06. The lowest BCUT2D eigenvalue weighted by Gasteiger charge is -2.20. The molecule has 1 aromatic heterocycles. The maximum absolute atomic E-state index is 12.2. The van der Waals surface area contributed by atoms with Crippen LogP contribution >= 0.6 is 0 Å². The van der Waals surface area contributed by atoms with Crippen molar-refractivity contribution in [3.8, 4) is 0 Å². The molecular formula is C14H18N2O5. The zero-order chi connectivity index (χ0) is 15.7. The average Bonchev–Trinajstić information content (AvgIpc) is 2.49. The van der Waals surface area contributed by atoms with Gasteiger partial charge in [-0.05, 0) is 17.7 Å². The monoisotopic (exact) mass is 294 g/mol. The number of aromatic nitrogens is 1. The fraction of sp³-hybridized carbons (Fsp3) is 0.357. The summed E-state index contributed by atoms with van der Waals surface area (Å²) in [5, 5.41) is 17.5. The van der Waals surface area contributed by atoms with Crippen LogP contribution in [0.1, 0.15) is 16.1 Å². The van der Waals surface area contributed by atoms with Crippen LogP contribution in [0, 0.1) is 0 Å². The predicted octanol–water partition coefficient (Wildman–Crippen LogP) is 0.260. The van der Waals surface area contributed by atoms with E-state index in [9.17, 15) is 9.59 Å². The van der Waals surface area contributed by atoms with E-state index < -0.39 is 5.97 Å². The lowest BCUT2D eigenvalue weighted by Crippen LogP contribution is -2.36. The zero-order valence-corrected chi connectivity index (χ0v) is 11.7. The highest BCUT2D eigenvalue weighted by Crippen LogP contribution is 2.06. The van der Waals surface area contributed by atoms with Gasteiger partial charge in [-0.2, -0.15) is 0 Å². The van der Waals surface area contributed by atoms with Crippen LogP contribution in [-0.2, 0) is 9.53 Å². The summed E-state index contributed by atoms with van der Waals surface area (Å²) < 4.78 is 4.92. The van der Waals surface area contributed by atoms with Gasteiger partial charge >= 0.3 is 5.97 Å². The number of carboxylic acids is 1. The molecule has 1 rings (SSSR count). The summed E-state index contributed by atoms with van der Waals surface area (Å²) in [4.78, 5) is 28.1. The van der Waals surface area contributed by atoms with Crippen molar-refractivity contribution in [2.24, 2.45) is 0 Å². The number of pyridine rings is 1. The van der Waals surface area contributed by atoms with Crippen LogP contribution in [0.4, 0.5) is 0 Å². The average molecular weight is 294 g/mol. The van der Waals surface area contributed by atoms with Crippen molar-refractivity contribution in [1.29, 1.82) is 0 Å². The van der Waals surface area contributed by atoms with Crippen LogP contribution in [0.25, 0.3) is 6.08 Å². The summed E-state index contributed by atoms with van der Waals surface area (Å²) in [5.74, 6) is -1.36. The molecular weight excluding hydrogens is 276 g/mol. The second-order valence-corrected chi connectivity index (χ2v) is 4.16. The van der Waals surface area contributed by atoms with E-state index in [1.807, 2.05) is 0 Å². The van der Waals surface area contributed by atoms with Crippen LogP contribution in [-0.4, -0.2) is 65.4 Å². The number of carboxylic acid groups (broad SMARTS) is 1. The minimum absolute atomic E-state index is 0.144. The molecule has 1 aromatic rings. The van der Waals surface area contributed by atoms with Crippen molar-refractivity contribution in [3.63, 3.8) is 0 Å². The molecule has 0 aliphatic heterocycles. The first kappa shape index (κ1) is 16.8. The molecule has 114 valence electrons. The minimum atomic E-state index is -1.05. The van der Waals surface area contributed by atoms with E-state index in [2.05, 4.69) is 4.98 Å². The van der Waals surface area contributed by atoms with Gasteiger partial charge in [0, 0.05) is 32.5 Å². The number of amides is 1. The Morgan fingerprint density at radius 1 is 1.38 bits per heavy atom. The third-order valence-corrected chi connectivity index (χ3v) is 2.65. The lowest BCUT2D eigenvalue weighted by atomic mass is 10.2. The van der Waals surface area contributed by atoms with E-state index in [1.165, 1.54) is 30.3 Å². The number of aliphatic hydroxyl groups is 1. The maximum Gasteiger partial charge on any atom is 0.328 e. The largest absolute Gasteiger partial charge is 0.478 e. The lowest BCUT2D eigenvalue weighted by molar-refractivity contribution is -0.131. The summed E-state index contributed by atoms with van der Waals surface area (Å²) in [5.41, 5.74) is 0.812. The van der Waals surface area contributed by atoms with Gasteiger partial charge in [0.2, 0.25) is 0 Å². The molecule has 0 radical (unpaired) electrons. The van der Waals surface area contributed by atoms with E-state index in [0.717, 1.165) is 6.08 Å². The first-order valence-corrected chi connectivity index (χ1v) is 6.34. The van der Waals surface area contributed by atoms with Gasteiger partial charge in [0.25, 0.3) is 5.91 Å². The molecule has 0 aliphatic rings. The van der Waals surface area contributed by atoms with Crippen molar-refractivity contribution >= 4 is 18.0 Å². The third-order valence-electron chi connectivity index (χ3n) is 2.65. The zero-order valence-electron chi connectivity index (χ0n) is 11.7. The number of ether oxygens (including phenoxy) is 1. The van der Waals surface area contributed by atoms with Crippen molar-refractivity contribution in [3.05, 3.63) is 35.7 Å². The Bertz CT molecular complexity index is 499. The fourth-order valence-corrected chi connectivity index (χ4v) is 1.60. The molecule has 1 amide bonds. The molecule has 1 heterocycles. The van der Waals surface area contributed by atoms with Gasteiger partial charge in [-0.15, -0.1) is 0 Å². The number of hydrogen-bond donors (Lipinski definition) is 2. The molecule has 7 nitrogen and oxygen atoms in total. The second-order valence-electron chi connectivity index (χ2n) is 4.16. The number of aliphatic carboxylic acids is 1. The van der Waals surface area contributed by atoms with Gasteiger partial charge in [0.05, 0.1) is 13.2 Å². The number of aliphatic hydroxyl groups excluding tert-OH is 1. The molecule has 0 unspecified atom stereocenters. The van der Waals surface area contributed by atoms with Crippen LogP contribution in [0.3, 0.4) is 0 Å². The highest BCUT2D eigenvalue weighted by atomic mass is 16.5. The smallest absolute Gasteiger partial charge is 0.328 e. The second kappa shape index (κ2) is 8.83. The molecule has 0 saturated carbocycles. The van der Waals surface area contributed by atoms with E-state index >= 15 is 0 Å². The van der Waals surface area contributed by atoms with Crippen LogP contribution in [0.5, 0.6) is 0 Å². The topological polar surface area (TPSA) is 100.0 Å². The minimum Gasteiger partial charge on any atom is -0.478 e. The first-order chi connectivity index (χ1) is 10.1. The number of nitrogens with zero attached hydrogens (tertiary/aromatic N) is 2. The Morgan fingerprint density at radius 3 is 2.67 bits per heavy atom. The van der Waals surface area contributed by atoms with Gasteiger partial charge in [-0.25, -0.2) is 4.79 Å². The summed E-state index contributed by atoms with van der Waals surface area (Å²) in [6.07, 6.45) is 3.80. The van der Waals surface area contributed by atoms with Crippen LogP contribution in [0.15, 0.2) is 24.4 Å². The van der Waals surface area contributed by atoms with Crippen molar-refractivity contribution in [2.45, 2.75) is 0 Å². The molecule has 0 bridgehead atoms. The summed E-state index contributed by atoms with van der Waals surface area (Å²) in [6, 6.07) is 3.12. The maximum atomic E-state index is 12.2. The van der Waals surface area contributed by atoms with E-state index in [-0.39, 0.29) is 24.8 Å². The van der Waals surface area contributed by atoms with E-state index in [4.69, 9.17) is 14.9 Å². The van der Waals surface area contributed by atoms with Gasteiger partial charge in [0.1, 0.15) is 5.69 Å². The number of carbonyl (C=O) groups excluding carboxylic acids is 1. The molecule has 0 atom stereocenters. The molecule has 21 heavy (non-hydrogen) atoms. The number of carbonyl (C=O) groups is 2. The fourth-order valence-electron chi connectivity index (χ4n) is 1.60. The standard InChI is InChI=1S/C14H18N2O5/c1-21-9-7-16(6-8-17)14(20)12-4-2-11(10-15-12)3-5-13(18)19/h2-5,10,17H,6-9H2,1H3,(H,18,19)/b5-3+. The van der Waals surface area contributed by atoms with E-state index in [0.29, 0.717) is 18.7 Å². The van der Waals surface area contributed by atoms with Gasteiger partial charge in [0.15, 0.2) is 0 Å². The van der Waals surface area contributed by atoms with Gasteiger partial charge < -0.3 is 19.8 Å². The highest BCUT2D eigenvalue weighted by Gasteiger charge is 2.16. The number of methoxy groups -OCH3 is 1. The SMILES string of the molecule is COCCN(CCO)C(=O)c1ccc(/C=C/C(=O)O)cn1. The van der Waals surface area contributed by atoms with Crippen molar-refractivity contribution < 1.29 is 24.5 Å². The van der Waals surface area contributed by atoms with Gasteiger partial charge in [-0.1, -0.05) is 6.07 Å². The summed E-state index contributed by atoms with van der Waals surface area (Å²) in [6.45, 7) is 0.781. The first-order valence-electron chi connectivity index (χ1n) is 6.34. The highest BCUT2D eigenvalue weighted by molar-refractivity contribution is 5.92. The Hall–Kier alpha value is -2.25. The molecule has 0 spiro atoms. The third kappa shape index (κ3) is 5.72. The van der Waals surface area contributed by atoms with Crippen LogP contribution < -0.4 is 0 Å². The molecule has 2 N–H and O–H groups in total. The summed E-state index contributed by atoms with van der Waals surface area (Å²) >= 11 is 0. The number of rotatable bonds is 8. The molecule has 7 heteroatoms. The van der Waals surface area contributed by atoms with E-state index in [1.54, 1.807) is 6.07 Å². The molecule has 0 saturated heterocycles. The Balaban J connectivity index is 2.78. The van der Waals surface area contributed by atoms with Gasteiger partial charge in [-0.3, -0.25) is 9.78 Å². The van der Waals surface area contributed by atoms with Crippen molar-refractivity contribution in [2.75, 3.05) is 33.4 Å². The molecule has 0 fully saturated rings. The van der Waals surface area contributed by atoms with Crippen molar-refractivity contribution in [1.82, 2.24) is 9.88 Å². The normalized spacial score (nSPS) is 10.8. The summed E-state index contributed by atoms with van der Waals surface area (Å²) in [7, 11) is 1.53. The predicted molar refractivity (Wildman–Crippen MR) is 75.8 cm³/mol. The molecule has 0 aromatic carbocycles. The Morgan fingerprint density at radius 2 is 2.14 bits per heavy atom.